The number of benzene rings is 3. The molecule has 0 spiro atoms. The fourth-order valence-electron chi connectivity index (χ4n) is 2.66. The maximum Gasteiger partial charge on any atom is 0.261 e. The van der Waals surface area contributed by atoms with Gasteiger partial charge in [0.05, 0.1) is 15.8 Å². The van der Waals surface area contributed by atoms with Crippen molar-refractivity contribution in [1.82, 2.24) is 0 Å². The molecule has 0 fully saturated rings. The van der Waals surface area contributed by atoms with Gasteiger partial charge in [0.25, 0.3) is 10.0 Å². The topological polar surface area (TPSA) is 75.3 Å². The van der Waals surface area contributed by atoms with Gasteiger partial charge in [0.15, 0.2) is 0 Å². The first-order valence-corrected chi connectivity index (χ1v) is 12.4. The van der Waals surface area contributed by atoms with Gasteiger partial charge in [0.1, 0.15) is 0 Å². The van der Waals surface area contributed by atoms with Crippen LogP contribution in [0.15, 0.2) is 76.5 Å². The molecular weight excluding hydrogens is 475 g/mol. The van der Waals surface area contributed by atoms with Gasteiger partial charge in [-0.15, -0.1) is 11.8 Å². The Labute approximate surface area is 196 Å². The van der Waals surface area contributed by atoms with Crippen molar-refractivity contribution in [2.45, 2.75) is 28.9 Å². The molecule has 3 aromatic carbocycles. The Morgan fingerprint density at radius 3 is 2.06 bits per heavy atom. The molecule has 0 saturated carbocycles. The summed E-state index contributed by atoms with van der Waals surface area (Å²) in [6, 6.07) is 18.3. The highest BCUT2D eigenvalue weighted by atomic mass is 35.5. The minimum absolute atomic E-state index is 0.0451. The van der Waals surface area contributed by atoms with E-state index < -0.39 is 10.0 Å². The van der Waals surface area contributed by atoms with E-state index in [1.54, 1.807) is 12.1 Å². The number of hydrogen-bond donors (Lipinski definition) is 2. The predicted molar refractivity (Wildman–Crippen MR) is 129 cm³/mol. The van der Waals surface area contributed by atoms with Crippen molar-refractivity contribution in [3.8, 4) is 0 Å². The maximum absolute atomic E-state index is 12.6. The van der Waals surface area contributed by atoms with Crippen LogP contribution in [0.5, 0.6) is 0 Å². The zero-order chi connectivity index (χ0) is 22.6. The highest BCUT2D eigenvalue weighted by Crippen LogP contribution is 2.26. The van der Waals surface area contributed by atoms with Gasteiger partial charge in [-0.2, -0.15) is 0 Å². The first-order chi connectivity index (χ1) is 14.6. The molecule has 5 nitrogen and oxygen atoms in total. The summed E-state index contributed by atoms with van der Waals surface area (Å²) in [7, 11) is -3.84. The van der Waals surface area contributed by atoms with Crippen molar-refractivity contribution in [2.24, 2.45) is 0 Å². The number of sulfonamides is 1. The van der Waals surface area contributed by atoms with E-state index in [1.165, 1.54) is 42.1 Å². The minimum atomic E-state index is -3.84. The average molecular weight is 495 g/mol. The van der Waals surface area contributed by atoms with Gasteiger partial charge in [-0.05, 0) is 68.4 Å². The molecule has 0 radical (unpaired) electrons. The van der Waals surface area contributed by atoms with Crippen molar-refractivity contribution in [2.75, 3.05) is 10.0 Å². The van der Waals surface area contributed by atoms with E-state index in [0.29, 0.717) is 15.7 Å². The van der Waals surface area contributed by atoms with Crippen LogP contribution in [0.3, 0.4) is 0 Å². The van der Waals surface area contributed by atoms with Crippen molar-refractivity contribution in [3.63, 3.8) is 0 Å². The van der Waals surface area contributed by atoms with Gasteiger partial charge in [-0.25, -0.2) is 8.42 Å². The number of halogens is 2. The van der Waals surface area contributed by atoms with E-state index in [9.17, 15) is 13.2 Å². The second-order valence-electron chi connectivity index (χ2n) is 6.85. The van der Waals surface area contributed by atoms with Gasteiger partial charge >= 0.3 is 0 Å². The molecule has 0 aliphatic carbocycles. The summed E-state index contributed by atoms with van der Waals surface area (Å²) in [5.41, 5.74) is 1.92. The summed E-state index contributed by atoms with van der Waals surface area (Å²) in [6.45, 7) is 3.83. The number of hydrogen-bond acceptors (Lipinski definition) is 4. The molecule has 9 heteroatoms. The first kappa shape index (κ1) is 23.5. The van der Waals surface area contributed by atoms with Gasteiger partial charge in [-0.1, -0.05) is 40.9 Å². The number of rotatable bonds is 7. The van der Waals surface area contributed by atoms with Crippen LogP contribution in [0, 0.1) is 6.92 Å². The Morgan fingerprint density at radius 1 is 0.903 bits per heavy atom. The van der Waals surface area contributed by atoms with Crippen LogP contribution in [-0.2, 0) is 14.8 Å². The van der Waals surface area contributed by atoms with E-state index in [1.807, 2.05) is 38.1 Å². The third-order valence-corrected chi connectivity index (χ3v) is 7.20. The van der Waals surface area contributed by atoms with Gasteiger partial charge < -0.3 is 5.32 Å². The number of carbonyl (C=O) groups is 1. The molecule has 31 heavy (non-hydrogen) atoms. The largest absolute Gasteiger partial charge is 0.325 e. The fraction of sp³-hybridized carbons (Fsp3) is 0.136. The third-order valence-electron chi connectivity index (χ3n) is 4.25. The molecule has 0 aliphatic rings. The smallest absolute Gasteiger partial charge is 0.261 e. The summed E-state index contributed by atoms with van der Waals surface area (Å²) < 4.78 is 27.6. The molecule has 0 unspecified atom stereocenters. The molecule has 1 atom stereocenters. The summed E-state index contributed by atoms with van der Waals surface area (Å²) in [6.07, 6.45) is 0. The summed E-state index contributed by atoms with van der Waals surface area (Å²) in [4.78, 5) is 13.5. The lowest BCUT2D eigenvalue weighted by Gasteiger charge is -2.13. The molecule has 0 aliphatic heterocycles. The number of carbonyl (C=O) groups excluding carboxylic acids is 1. The number of amides is 1. The zero-order valence-electron chi connectivity index (χ0n) is 16.7. The molecule has 162 valence electrons. The van der Waals surface area contributed by atoms with Crippen LogP contribution in [0.2, 0.25) is 10.0 Å². The lowest BCUT2D eigenvalue weighted by atomic mass is 10.2. The number of anilines is 2. The van der Waals surface area contributed by atoms with Crippen molar-refractivity contribution in [3.05, 3.63) is 82.3 Å². The van der Waals surface area contributed by atoms with Gasteiger partial charge in [0, 0.05) is 20.6 Å². The SMILES string of the molecule is Cc1ccc(S[C@@H](C)C(=O)Nc2ccc(S(=O)(=O)Nc3cc(Cl)cc(Cl)c3)cc2)cc1. The van der Waals surface area contributed by atoms with Crippen LogP contribution in [0.25, 0.3) is 0 Å². The predicted octanol–water partition coefficient (Wildman–Crippen LogP) is 6.22. The molecule has 0 bridgehead atoms. The second kappa shape index (κ2) is 9.96. The molecule has 0 aromatic heterocycles. The van der Waals surface area contributed by atoms with E-state index in [2.05, 4.69) is 10.0 Å². The molecule has 1 amide bonds. The molecule has 3 rings (SSSR count). The second-order valence-corrected chi connectivity index (χ2v) is 10.8. The van der Waals surface area contributed by atoms with Crippen LogP contribution in [0.4, 0.5) is 11.4 Å². The van der Waals surface area contributed by atoms with Crippen molar-refractivity contribution < 1.29 is 13.2 Å². The van der Waals surface area contributed by atoms with Crippen LogP contribution < -0.4 is 10.0 Å². The summed E-state index contributed by atoms with van der Waals surface area (Å²) in [5.74, 6) is -0.173. The van der Waals surface area contributed by atoms with Crippen molar-refractivity contribution >= 4 is 62.3 Å². The monoisotopic (exact) mass is 494 g/mol. The molecule has 3 aromatic rings. The van der Waals surface area contributed by atoms with Gasteiger partial charge in [0.2, 0.25) is 5.91 Å². The fourth-order valence-corrected chi connectivity index (χ4v) is 5.10. The number of thioether (sulfide) groups is 1. The molecule has 0 heterocycles. The van der Waals surface area contributed by atoms with Crippen LogP contribution in [0.1, 0.15) is 12.5 Å². The van der Waals surface area contributed by atoms with Crippen LogP contribution in [-0.4, -0.2) is 19.6 Å². The van der Waals surface area contributed by atoms with E-state index in [-0.39, 0.29) is 21.7 Å². The highest BCUT2D eigenvalue weighted by Gasteiger charge is 2.17. The molecule has 0 saturated heterocycles. The van der Waals surface area contributed by atoms with Gasteiger partial charge in [-0.3, -0.25) is 9.52 Å². The van der Waals surface area contributed by atoms with Crippen molar-refractivity contribution in [1.29, 1.82) is 0 Å². The maximum atomic E-state index is 12.6. The Balaban J connectivity index is 1.64. The Hall–Kier alpha value is -2.19. The highest BCUT2D eigenvalue weighted by molar-refractivity contribution is 8.00. The minimum Gasteiger partial charge on any atom is -0.325 e. The Morgan fingerprint density at radius 2 is 1.48 bits per heavy atom. The standard InChI is InChI=1S/C22H20Cl2N2O3S2/c1-14-3-7-20(8-4-14)30-15(2)22(27)25-18-5-9-21(10-6-18)31(28,29)26-19-12-16(23)11-17(24)13-19/h3-13,15,26H,1-2H3,(H,25,27)/t15-/m0/s1. The summed E-state index contributed by atoms with van der Waals surface area (Å²) in [5, 5.41) is 3.13. The first-order valence-electron chi connectivity index (χ1n) is 9.25. The quantitative estimate of drug-likeness (QED) is 0.382. The zero-order valence-corrected chi connectivity index (χ0v) is 19.9. The number of nitrogens with one attached hydrogen (secondary N) is 2. The summed E-state index contributed by atoms with van der Waals surface area (Å²) >= 11 is 13.3. The van der Waals surface area contributed by atoms with Crippen LogP contribution >= 0.6 is 35.0 Å². The van der Waals surface area contributed by atoms with E-state index >= 15 is 0 Å². The van der Waals surface area contributed by atoms with E-state index in [0.717, 1.165) is 10.5 Å². The third kappa shape index (κ3) is 6.64. The molecule has 2 N–H and O–H groups in total. The average Bonchev–Trinajstić information content (AvgIpc) is 2.69. The Kier molecular flexibility index (Phi) is 7.54. The number of aryl methyl sites for hydroxylation is 1. The van der Waals surface area contributed by atoms with E-state index in [4.69, 9.17) is 23.2 Å². The lowest BCUT2D eigenvalue weighted by molar-refractivity contribution is -0.115. The molecular formula is C22H20Cl2N2O3S2. The Bertz CT molecular complexity index is 1160. The normalized spacial score (nSPS) is 12.3. The lowest BCUT2D eigenvalue weighted by Crippen LogP contribution is -2.22.